The van der Waals surface area contributed by atoms with Crippen LogP contribution < -0.4 is 4.74 Å². The van der Waals surface area contributed by atoms with Gasteiger partial charge < -0.3 is 4.74 Å². The van der Waals surface area contributed by atoms with Gasteiger partial charge in [-0.2, -0.15) is 0 Å². The summed E-state index contributed by atoms with van der Waals surface area (Å²) in [5.41, 5.74) is 2.15. The van der Waals surface area contributed by atoms with Crippen LogP contribution in [0.3, 0.4) is 0 Å². The van der Waals surface area contributed by atoms with E-state index in [9.17, 15) is 0 Å². The average molecular weight is 310 g/mol. The van der Waals surface area contributed by atoms with Crippen LogP contribution in [0, 0.1) is 0 Å². The monoisotopic (exact) mass is 309 g/mol. The zero-order chi connectivity index (χ0) is 14.5. The molecule has 0 aliphatic heterocycles. The van der Waals surface area contributed by atoms with Gasteiger partial charge in [-0.15, -0.1) is 0 Å². The predicted octanol–water partition coefficient (Wildman–Crippen LogP) is 5.48. The molecule has 0 saturated carbocycles. The summed E-state index contributed by atoms with van der Waals surface area (Å²) in [5.74, 6) is 1.39. The van der Waals surface area contributed by atoms with Crippen LogP contribution in [0.15, 0.2) is 36.5 Å². The van der Waals surface area contributed by atoms with Gasteiger partial charge in [-0.1, -0.05) is 49.2 Å². The van der Waals surface area contributed by atoms with Crippen molar-refractivity contribution in [3.05, 3.63) is 57.8 Å². The number of aromatic nitrogens is 1. The maximum atomic E-state index is 6.08. The number of ether oxygens (including phenoxy) is 1. The highest BCUT2D eigenvalue weighted by atomic mass is 35.5. The van der Waals surface area contributed by atoms with Crippen LogP contribution in [-0.4, -0.2) is 4.98 Å². The zero-order valence-corrected chi connectivity index (χ0v) is 13.1. The molecule has 0 spiro atoms. The van der Waals surface area contributed by atoms with Crippen LogP contribution in [-0.2, 0) is 6.61 Å². The number of pyridine rings is 1. The van der Waals surface area contributed by atoms with E-state index >= 15 is 0 Å². The minimum absolute atomic E-state index is 0.381. The van der Waals surface area contributed by atoms with Crippen molar-refractivity contribution in [3.8, 4) is 5.75 Å². The summed E-state index contributed by atoms with van der Waals surface area (Å²) in [5, 5.41) is 0.956. The van der Waals surface area contributed by atoms with Crippen molar-refractivity contribution in [2.45, 2.75) is 32.8 Å². The first-order valence-electron chi connectivity index (χ1n) is 6.62. The number of halogens is 2. The van der Waals surface area contributed by atoms with Crippen molar-refractivity contribution in [1.29, 1.82) is 0 Å². The summed E-state index contributed by atoms with van der Waals surface area (Å²) >= 11 is 11.8. The molecule has 0 aliphatic rings. The molecule has 106 valence electrons. The Labute approximate surface area is 129 Å². The molecule has 0 bridgehead atoms. The molecule has 1 unspecified atom stereocenters. The lowest BCUT2D eigenvalue weighted by molar-refractivity contribution is 0.305. The topological polar surface area (TPSA) is 22.1 Å². The van der Waals surface area contributed by atoms with Crippen molar-refractivity contribution in [2.75, 3.05) is 0 Å². The van der Waals surface area contributed by atoms with E-state index in [1.807, 2.05) is 12.1 Å². The fourth-order valence-electron chi connectivity index (χ4n) is 1.83. The molecule has 4 heteroatoms. The summed E-state index contributed by atoms with van der Waals surface area (Å²) in [6, 6.07) is 9.79. The Bertz CT molecular complexity index is 569. The van der Waals surface area contributed by atoms with E-state index in [0.29, 0.717) is 22.7 Å². The zero-order valence-electron chi connectivity index (χ0n) is 11.6. The van der Waals surface area contributed by atoms with Crippen molar-refractivity contribution in [1.82, 2.24) is 4.98 Å². The molecule has 2 aromatic rings. The summed E-state index contributed by atoms with van der Waals surface area (Å²) in [7, 11) is 0. The van der Waals surface area contributed by atoms with Crippen LogP contribution in [0.5, 0.6) is 5.75 Å². The second-order valence-electron chi connectivity index (χ2n) is 4.77. The second kappa shape index (κ2) is 6.96. The van der Waals surface area contributed by atoms with E-state index in [-0.39, 0.29) is 0 Å². The second-order valence-corrected chi connectivity index (χ2v) is 5.56. The third-order valence-electron chi connectivity index (χ3n) is 3.35. The Morgan fingerprint density at radius 2 is 1.90 bits per heavy atom. The molecule has 2 nitrogen and oxygen atoms in total. The Morgan fingerprint density at radius 1 is 1.20 bits per heavy atom. The number of benzene rings is 1. The molecule has 1 heterocycles. The molecular weight excluding hydrogens is 293 g/mol. The van der Waals surface area contributed by atoms with E-state index in [4.69, 9.17) is 27.9 Å². The van der Waals surface area contributed by atoms with Gasteiger partial charge in [-0.05, 0) is 36.1 Å². The van der Waals surface area contributed by atoms with Crippen molar-refractivity contribution >= 4 is 23.2 Å². The van der Waals surface area contributed by atoms with Crippen LogP contribution in [0.1, 0.15) is 37.3 Å². The van der Waals surface area contributed by atoms with Gasteiger partial charge in [0.15, 0.2) is 0 Å². The summed E-state index contributed by atoms with van der Waals surface area (Å²) < 4.78 is 5.71. The fraction of sp³-hybridized carbons (Fsp3) is 0.312. The smallest absolute Gasteiger partial charge is 0.130 e. The highest BCUT2D eigenvalue weighted by Gasteiger charge is 2.05. The van der Waals surface area contributed by atoms with Crippen molar-refractivity contribution in [3.63, 3.8) is 0 Å². The number of hydrogen-bond donors (Lipinski definition) is 0. The van der Waals surface area contributed by atoms with Gasteiger partial charge >= 0.3 is 0 Å². The summed E-state index contributed by atoms with van der Waals surface area (Å²) in [6.07, 6.45) is 2.77. The first-order valence-corrected chi connectivity index (χ1v) is 7.38. The average Bonchev–Trinajstić information content (AvgIpc) is 2.46. The van der Waals surface area contributed by atoms with Gasteiger partial charge in [0, 0.05) is 11.8 Å². The third-order valence-corrected chi connectivity index (χ3v) is 3.91. The molecule has 2 rings (SSSR count). The highest BCUT2D eigenvalue weighted by molar-refractivity contribution is 6.34. The number of hydrogen-bond acceptors (Lipinski definition) is 2. The van der Waals surface area contributed by atoms with Crippen molar-refractivity contribution in [2.24, 2.45) is 0 Å². The normalized spacial score (nSPS) is 12.2. The van der Waals surface area contributed by atoms with Crippen LogP contribution >= 0.6 is 23.2 Å². The lowest BCUT2D eigenvalue weighted by Crippen LogP contribution is -1.98. The molecule has 1 atom stereocenters. The Kier molecular flexibility index (Phi) is 5.27. The van der Waals surface area contributed by atoms with Gasteiger partial charge in [0.25, 0.3) is 0 Å². The lowest BCUT2D eigenvalue weighted by atomic mass is 9.99. The first-order chi connectivity index (χ1) is 9.60. The lowest BCUT2D eigenvalue weighted by Gasteiger charge is -2.11. The highest BCUT2D eigenvalue weighted by Crippen LogP contribution is 2.23. The van der Waals surface area contributed by atoms with Crippen LogP contribution in [0.25, 0.3) is 0 Å². The molecule has 0 saturated heterocycles. The molecule has 1 aromatic carbocycles. The maximum Gasteiger partial charge on any atom is 0.130 e. The van der Waals surface area contributed by atoms with E-state index < -0.39 is 0 Å². The predicted molar refractivity (Wildman–Crippen MR) is 83.7 cm³/mol. The van der Waals surface area contributed by atoms with E-state index in [1.165, 1.54) is 5.56 Å². The standard InChI is InChI=1S/C16H17Cl2NO/c1-3-11(2)12-4-6-14(7-5-12)20-10-13-9-19-16(18)8-15(13)17/h4-9,11H,3,10H2,1-2H3. The maximum absolute atomic E-state index is 6.08. The molecule has 1 aromatic heterocycles. The molecule has 20 heavy (non-hydrogen) atoms. The molecule has 0 amide bonds. The van der Waals surface area contributed by atoms with Crippen molar-refractivity contribution < 1.29 is 4.74 Å². The number of rotatable bonds is 5. The summed E-state index contributed by atoms with van der Waals surface area (Å²) in [6.45, 7) is 4.78. The minimum Gasteiger partial charge on any atom is -0.489 e. The fourth-order valence-corrected chi connectivity index (χ4v) is 2.25. The molecular formula is C16H17Cl2NO. The molecule has 0 fully saturated rings. The number of nitrogens with zero attached hydrogens (tertiary/aromatic N) is 1. The Morgan fingerprint density at radius 3 is 2.50 bits per heavy atom. The molecule has 0 N–H and O–H groups in total. The quantitative estimate of drug-likeness (QED) is 0.682. The van der Waals surface area contributed by atoms with Gasteiger partial charge in [-0.25, -0.2) is 4.98 Å². The van der Waals surface area contributed by atoms with Crippen LogP contribution in [0.2, 0.25) is 10.2 Å². The Balaban J connectivity index is 2.00. The SMILES string of the molecule is CCC(C)c1ccc(OCc2cnc(Cl)cc2Cl)cc1. The summed E-state index contributed by atoms with van der Waals surface area (Å²) in [4.78, 5) is 4.00. The molecule has 0 radical (unpaired) electrons. The van der Waals surface area contributed by atoms with Gasteiger partial charge in [0.05, 0.1) is 5.02 Å². The van der Waals surface area contributed by atoms with Gasteiger partial charge in [0.1, 0.15) is 17.5 Å². The van der Waals surface area contributed by atoms with Gasteiger partial charge in [0.2, 0.25) is 0 Å². The van der Waals surface area contributed by atoms with E-state index in [0.717, 1.165) is 17.7 Å². The largest absolute Gasteiger partial charge is 0.489 e. The Hall–Kier alpha value is -1.25. The van der Waals surface area contributed by atoms with E-state index in [2.05, 4.69) is 31.0 Å². The van der Waals surface area contributed by atoms with E-state index in [1.54, 1.807) is 12.3 Å². The first kappa shape index (κ1) is 15.1. The third kappa shape index (κ3) is 3.87. The van der Waals surface area contributed by atoms with Crippen LogP contribution in [0.4, 0.5) is 0 Å². The van der Waals surface area contributed by atoms with Gasteiger partial charge in [-0.3, -0.25) is 0 Å². The molecule has 0 aliphatic carbocycles. The minimum atomic E-state index is 0.381.